The van der Waals surface area contributed by atoms with Gasteiger partial charge in [0.15, 0.2) is 0 Å². The van der Waals surface area contributed by atoms with E-state index in [0.29, 0.717) is 0 Å². The van der Waals surface area contributed by atoms with Gasteiger partial charge >= 0.3 is 6.18 Å². The highest BCUT2D eigenvalue weighted by atomic mass is 19.4. The maximum atomic E-state index is 12.6. The Morgan fingerprint density at radius 2 is 1.95 bits per heavy atom. The van der Waals surface area contributed by atoms with Crippen LogP contribution in [0.5, 0.6) is 5.75 Å². The molecule has 0 heterocycles. The second kappa shape index (κ2) is 5.92. The fraction of sp³-hybridized carbons (Fsp3) is 0.231. The second-order valence-electron chi connectivity index (χ2n) is 3.46. The van der Waals surface area contributed by atoms with E-state index < -0.39 is 11.7 Å². The number of hydrogen-bond donors (Lipinski definition) is 0. The normalized spacial score (nSPS) is 10.2. The lowest BCUT2D eigenvalue weighted by molar-refractivity contribution is -0.137. The molecule has 0 aliphatic heterocycles. The van der Waals surface area contributed by atoms with Gasteiger partial charge in [0, 0.05) is 5.56 Å². The van der Waals surface area contributed by atoms with Crippen molar-refractivity contribution >= 4 is 6.08 Å². The molecule has 0 aromatic heterocycles. The first-order chi connectivity index (χ1) is 8.92. The zero-order chi connectivity index (χ0) is 14.5. The van der Waals surface area contributed by atoms with Gasteiger partial charge in [-0.1, -0.05) is 0 Å². The van der Waals surface area contributed by atoms with Crippen molar-refractivity contribution in [2.24, 2.45) is 0 Å². The van der Waals surface area contributed by atoms with Crippen LogP contribution in [0.25, 0.3) is 6.08 Å². The molecule has 6 heteroatoms. The third-order valence-corrected chi connectivity index (χ3v) is 2.18. The molecule has 0 radical (unpaired) electrons. The van der Waals surface area contributed by atoms with Crippen LogP contribution in [0.1, 0.15) is 18.1 Å². The van der Waals surface area contributed by atoms with E-state index in [1.54, 1.807) is 19.1 Å². The average Bonchev–Trinajstić information content (AvgIpc) is 2.36. The lowest BCUT2D eigenvalue weighted by Crippen LogP contribution is -2.06. The zero-order valence-corrected chi connectivity index (χ0v) is 9.95. The molecule has 0 saturated carbocycles. The van der Waals surface area contributed by atoms with Gasteiger partial charge in [0.2, 0.25) is 0 Å². The van der Waals surface area contributed by atoms with Crippen molar-refractivity contribution in [3.63, 3.8) is 0 Å². The van der Waals surface area contributed by atoms with E-state index in [2.05, 4.69) is 0 Å². The Bertz CT molecular complexity index is 561. The fourth-order valence-corrected chi connectivity index (χ4v) is 1.37. The summed E-state index contributed by atoms with van der Waals surface area (Å²) in [6.45, 7) is 1.95. The maximum absolute atomic E-state index is 12.6. The average molecular weight is 266 g/mol. The summed E-state index contributed by atoms with van der Waals surface area (Å²) in [6.07, 6.45) is -3.42. The minimum atomic E-state index is -4.49. The van der Waals surface area contributed by atoms with E-state index in [1.165, 1.54) is 6.07 Å². The molecule has 1 rings (SSSR count). The first-order valence-corrected chi connectivity index (χ1v) is 5.28. The molecule has 0 aliphatic rings. The van der Waals surface area contributed by atoms with Crippen molar-refractivity contribution in [1.29, 1.82) is 10.5 Å². The molecule has 98 valence electrons. The lowest BCUT2D eigenvalue weighted by atomic mass is 10.1. The van der Waals surface area contributed by atoms with Crippen LogP contribution in [-0.2, 0) is 6.18 Å². The molecule has 1 aromatic carbocycles. The highest BCUT2D eigenvalue weighted by molar-refractivity contribution is 5.67. The number of nitrogens with zero attached hydrogens (tertiary/aromatic N) is 2. The summed E-state index contributed by atoms with van der Waals surface area (Å²) in [5.74, 6) is 0.193. The van der Waals surface area contributed by atoms with Crippen molar-refractivity contribution in [2.75, 3.05) is 6.61 Å². The van der Waals surface area contributed by atoms with E-state index in [4.69, 9.17) is 15.3 Å². The van der Waals surface area contributed by atoms with Crippen LogP contribution in [0, 0.1) is 22.7 Å². The summed E-state index contributed by atoms with van der Waals surface area (Å²) in [5, 5.41) is 17.3. The van der Waals surface area contributed by atoms with Gasteiger partial charge in [-0.15, -0.1) is 0 Å². The molecule has 0 atom stereocenters. The van der Waals surface area contributed by atoms with Crippen LogP contribution < -0.4 is 4.74 Å². The van der Waals surface area contributed by atoms with E-state index in [9.17, 15) is 13.2 Å². The Labute approximate surface area is 108 Å². The van der Waals surface area contributed by atoms with Crippen molar-refractivity contribution in [1.82, 2.24) is 0 Å². The molecular weight excluding hydrogens is 257 g/mol. The third-order valence-electron chi connectivity index (χ3n) is 2.18. The van der Waals surface area contributed by atoms with Gasteiger partial charge in [0.05, 0.1) is 12.2 Å². The van der Waals surface area contributed by atoms with Crippen LogP contribution in [0.2, 0.25) is 0 Å². The molecule has 3 nitrogen and oxygen atoms in total. The SMILES string of the molecule is CCOc1ccc(C(F)(F)F)cc1C=C(C#N)C#N. The van der Waals surface area contributed by atoms with Crippen molar-refractivity contribution in [2.45, 2.75) is 13.1 Å². The van der Waals surface area contributed by atoms with Gasteiger partial charge in [0.1, 0.15) is 23.5 Å². The number of hydrogen-bond acceptors (Lipinski definition) is 3. The highest BCUT2D eigenvalue weighted by Crippen LogP contribution is 2.33. The van der Waals surface area contributed by atoms with Crippen LogP contribution in [0.15, 0.2) is 23.8 Å². The lowest BCUT2D eigenvalue weighted by Gasteiger charge is -2.11. The summed E-state index contributed by atoms with van der Waals surface area (Å²) in [5.41, 5.74) is -1.10. The molecule has 0 unspecified atom stereocenters. The van der Waals surface area contributed by atoms with Gasteiger partial charge in [-0.25, -0.2) is 0 Å². The quantitative estimate of drug-likeness (QED) is 0.786. The number of ether oxygens (including phenoxy) is 1. The number of allylic oxidation sites excluding steroid dienone is 1. The molecule has 1 aromatic rings. The van der Waals surface area contributed by atoms with Crippen LogP contribution in [0.4, 0.5) is 13.2 Å². The Kier molecular flexibility index (Phi) is 4.55. The zero-order valence-electron chi connectivity index (χ0n) is 9.95. The van der Waals surface area contributed by atoms with Crippen molar-refractivity contribution in [3.05, 3.63) is 34.9 Å². The molecule has 0 bridgehead atoms. The number of alkyl halides is 3. The summed E-state index contributed by atoms with van der Waals surface area (Å²) < 4.78 is 42.9. The van der Waals surface area contributed by atoms with E-state index in [0.717, 1.165) is 18.2 Å². The molecule has 19 heavy (non-hydrogen) atoms. The third kappa shape index (κ3) is 3.75. The number of rotatable bonds is 3. The summed E-state index contributed by atoms with van der Waals surface area (Å²) in [7, 11) is 0. The molecule has 0 aliphatic carbocycles. The predicted molar refractivity (Wildman–Crippen MR) is 61.8 cm³/mol. The molecular formula is C13H9F3N2O. The number of benzene rings is 1. The number of halogens is 3. The van der Waals surface area contributed by atoms with Gasteiger partial charge in [-0.3, -0.25) is 0 Å². The second-order valence-corrected chi connectivity index (χ2v) is 3.46. The summed E-state index contributed by atoms with van der Waals surface area (Å²) in [6, 6.07) is 6.09. The Balaban J connectivity index is 3.37. The maximum Gasteiger partial charge on any atom is 0.416 e. The van der Waals surface area contributed by atoms with Crippen LogP contribution >= 0.6 is 0 Å². The first-order valence-electron chi connectivity index (χ1n) is 5.28. The molecule has 0 amide bonds. The van der Waals surface area contributed by atoms with Crippen molar-refractivity contribution in [3.8, 4) is 17.9 Å². The Morgan fingerprint density at radius 1 is 1.32 bits per heavy atom. The smallest absolute Gasteiger partial charge is 0.416 e. The predicted octanol–water partition coefficient (Wildman–Crippen LogP) is 3.53. The molecule has 0 saturated heterocycles. The minimum Gasteiger partial charge on any atom is -0.493 e. The van der Waals surface area contributed by atoms with Gasteiger partial charge in [-0.2, -0.15) is 23.7 Å². The molecule has 0 spiro atoms. The minimum absolute atomic E-state index is 0.0507. The molecule has 0 N–H and O–H groups in total. The monoisotopic (exact) mass is 266 g/mol. The summed E-state index contributed by atoms with van der Waals surface area (Å²) >= 11 is 0. The highest BCUT2D eigenvalue weighted by Gasteiger charge is 2.31. The summed E-state index contributed by atoms with van der Waals surface area (Å²) in [4.78, 5) is 0. The largest absolute Gasteiger partial charge is 0.493 e. The standard InChI is InChI=1S/C13H9F3N2O/c1-2-19-12-4-3-11(13(14,15)16)6-10(12)5-9(7-17)8-18/h3-6H,2H2,1H3. The van der Waals surface area contributed by atoms with Crippen molar-refractivity contribution < 1.29 is 17.9 Å². The van der Waals surface area contributed by atoms with Gasteiger partial charge in [-0.05, 0) is 31.2 Å². The van der Waals surface area contributed by atoms with Gasteiger partial charge in [0.25, 0.3) is 0 Å². The van der Waals surface area contributed by atoms with E-state index in [1.807, 2.05) is 0 Å². The topological polar surface area (TPSA) is 56.8 Å². The Hall–Kier alpha value is -2.47. The van der Waals surface area contributed by atoms with Crippen LogP contribution in [-0.4, -0.2) is 6.61 Å². The van der Waals surface area contributed by atoms with Crippen LogP contribution in [0.3, 0.4) is 0 Å². The number of nitriles is 2. The first kappa shape index (κ1) is 14.6. The van der Waals surface area contributed by atoms with Gasteiger partial charge < -0.3 is 4.74 Å². The fourth-order valence-electron chi connectivity index (χ4n) is 1.37. The molecule has 0 fully saturated rings. The Morgan fingerprint density at radius 3 is 2.42 bits per heavy atom. The van der Waals surface area contributed by atoms with E-state index >= 15 is 0 Å². The van der Waals surface area contributed by atoms with E-state index in [-0.39, 0.29) is 23.5 Å².